The van der Waals surface area contributed by atoms with Crippen LogP contribution in [-0.2, 0) is 0 Å². The average Bonchev–Trinajstić information content (AvgIpc) is 2.37. The third-order valence-electron chi connectivity index (χ3n) is 3.14. The Morgan fingerprint density at radius 3 is 2.16 bits per heavy atom. The van der Waals surface area contributed by atoms with Crippen molar-refractivity contribution in [2.75, 3.05) is 6.54 Å². The van der Waals surface area contributed by atoms with Crippen molar-refractivity contribution in [2.45, 2.75) is 45.1 Å². The second-order valence-electron chi connectivity index (χ2n) is 4.95. The third-order valence-corrected chi connectivity index (χ3v) is 3.14. The van der Waals surface area contributed by atoms with Crippen LogP contribution in [0, 0.1) is 0 Å². The highest BCUT2D eigenvalue weighted by Gasteiger charge is 2.25. The van der Waals surface area contributed by atoms with Crippen molar-refractivity contribution in [3.05, 3.63) is 29.8 Å². The minimum atomic E-state index is -0.823. The van der Waals surface area contributed by atoms with Gasteiger partial charge in [0.15, 0.2) is 0 Å². The molecule has 0 aliphatic rings. The predicted octanol–water partition coefficient (Wildman–Crippen LogP) is 2.45. The van der Waals surface area contributed by atoms with Crippen LogP contribution in [0.1, 0.15) is 49.9 Å². The fourth-order valence-corrected chi connectivity index (χ4v) is 2.19. The second-order valence-corrected chi connectivity index (χ2v) is 4.95. The first-order chi connectivity index (χ1) is 9.00. The summed E-state index contributed by atoms with van der Waals surface area (Å²) in [4.78, 5) is 11.9. The summed E-state index contributed by atoms with van der Waals surface area (Å²) in [5, 5.41) is 22.3. The fourth-order valence-electron chi connectivity index (χ4n) is 2.19. The molecule has 0 spiro atoms. The van der Waals surface area contributed by atoms with Crippen molar-refractivity contribution < 1.29 is 15.0 Å². The Morgan fingerprint density at radius 2 is 1.68 bits per heavy atom. The summed E-state index contributed by atoms with van der Waals surface area (Å²) in [5.41, 5.74) is -0.344. The number of aromatic hydroxyl groups is 1. The van der Waals surface area contributed by atoms with Crippen molar-refractivity contribution in [1.29, 1.82) is 0 Å². The van der Waals surface area contributed by atoms with E-state index >= 15 is 0 Å². The molecule has 0 fully saturated rings. The van der Waals surface area contributed by atoms with Crippen LogP contribution in [-0.4, -0.2) is 28.3 Å². The number of rotatable bonds is 7. The Hall–Kier alpha value is -1.55. The topological polar surface area (TPSA) is 69.6 Å². The SMILES string of the molecule is CCCC(O)(CCC)CNC(=O)c1ccc(O)cc1. The summed E-state index contributed by atoms with van der Waals surface area (Å²) in [6, 6.07) is 6.06. The standard InChI is InChI=1S/C15H23NO3/c1-3-9-15(19,10-4-2)11-16-14(18)12-5-7-13(17)8-6-12/h5-8,17,19H,3-4,9-11H2,1-2H3,(H,16,18). The normalized spacial score (nSPS) is 11.3. The Balaban J connectivity index is 2.58. The van der Waals surface area contributed by atoms with Crippen molar-refractivity contribution in [3.63, 3.8) is 0 Å². The molecule has 0 aliphatic carbocycles. The van der Waals surface area contributed by atoms with Gasteiger partial charge in [0.25, 0.3) is 5.91 Å². The van der Waals surface area contributed by atoms with Crippen molar-refractivity contribution in [2.24, 2.45) is 0 Å². The highest BCUT2D eigenvalue weighted by atomic mass is 16.3. The van der Waals surface area contributed by atoms with Crippen LogP contribution < -0.4 is 5.32 Å². The maximum absolute atomic E-state index is 11.9. The predicted molar refractivity (Wildman–Crippen MR) is 75.2 cm³/mol. The van der Waals surface area contributed by atoms with Gasteiger partial charge in [0, 0.05) is 12.1 Å². The zero-order chi connectivity index (χ0) is 14.3. The zero-order valence-corrected chi connectivity index (χ0v) is 11.6. The molecule has 0 saturated heterocycles. The van der Waals surface area contributed by atoms with E-state index in [1.54, 1.807) is 12.1 Å². The van der Waals surface area contributed by atoms with Gasteiger partial charge in [0.05, 0.1) is 5.60 Å². The first-order valence-electron chi connectivity index (χ1n) is 6.80. The Bertz CT molecular complexity index is 394. The van der Waals surface area contributed by atoms with E-state index in [-0.39, 0.29) is 18.2 Å². The number of benzene rings is 1. The molecule has 4 nitrogen and oxygen atoms in total. The molecule has 1 rings (SSSR count). The van der Waals surface area contributed by atoms with Crippen LogP contribution >= 0.6 is 0 Å². The van der Waals surface area contributed by atoms with Crippen LogP contribution in [0.2, 0.25) is 0 Å². The van der Waals surface area contributed by atoms with E-state index in [0.717, 1.165) is 12.8 Å². The monoisotopic (exact) mass is 265 g/mol. The van der Waals surface area contributed by atoms with E-state index in [1.807, 2.05) is 13.8 Å². The number of carbonyl (C=O) groups excluding carboxylic acids is 1. The molecule has 0 atom stereocenters. The molecule has 1 aromatic rings. The number of amides is 1. The molecule has 0 bridgehead atoms. The van der Waals surface area contributed by atoms with E-state index in [2.05, 4.69) is 5.32 Å². The number of phenolic OH excluding ortho intramolecular Hbond substituents is 1. The Morgan fingerprint density at radius 1 is 1.16 bits per heavy atom. The van der Waals surface area contributed by atoms with Gasteiger partial charge in [-0.2, -0.15) is 0 Å². The maximum atomic E-state index is 11.9. The van der Waals surface area contributed by atoms with Gasteiger partial charge in [-0.25, -0.2) is 0 Å². The van der Waals surface area contributed by atoms with Crippen LogP contribution in [0.5, 0.6) is 5.75 Å². The lowest BCUT2D eigenvalue weighted by atomic mass is 9.92. The first-order valence-corrected chi connectivity index (χ1v) is 6.80. The molecule has 1 aromatic carbocycles. The number of hydrogen-bond donors (Lipinski definition) is 3. The van der Waals surface area contributed by atoms with Crippen molar-refractivity contribution >= 4 is 5.91 Å². The van der Waals surface area contributed by atoms with Gasteiger partial charge >= 0.3 is 0 Å². The summed E-state index contributed by atoms with van der Waals surface area (Å²) < 4.78 is 0. The molecule has 0 aliphatic heterocycles. The van der Waals surface area contributed by atoms with Crippen LogP contribution in [0.25, 0.3) is 0 Å². The van der Waals surface area contributed by atoms with E-state index < -0.39 is 5.60 Å². The number of phenols is 1. The fraction of sp³-hybridized carbons (Fsp3) is 0.533. The van der Waals surface area contributed by atoms with Gasteiger partial charge in [0.2, 0.25) is 0 Å². The summed E-state index contributed by atoms with van der Waals surface area (Å²) in [5.74, 6) is -0.101. The summed E-state index contributed by atoms with van der Waals surface area (Å²) in [6.07, 6.45) is 3.12. The third kappa shape index (κ3) is 4.91. The lowest BCUT2D eigenvalue weighted by Crippen LogP contribution is -2.42. The molecule has 19 heavy (non-hydrogen) atoms. The Labute approximate surface area is 114 Å². The molecule has 0 heterocycles. The van der Waals surface area contributed by atoms with Gasteiger partial charge in [-0.05, 0) is 37.1 Å². The van der Waals surface area contributed by atoms with Crippen LogP contribution in [0.3, 0.4) is 0 Å². The zero-order valence-electron chi connectivity index (χ0n) is 11.6. The van der Waals surface area contributed by atoms with Gasteiger partial charge in [-0.1, -0.05) is 26.7 Å². The minimum absolute atomic E-state index is 0.130. The molecule has 0 aromatic heterocycles. The van der Waals surface area contributed by atoms with E-state index in [1.165, 1.54) is 12.1 Å². The van der Waals surface area contributed by atoms with E-state index in [9.17, 15) is 9.90 Å². The summed E-state index contributed by atoms with van der Waals surface area (Å²) in [6.45, 7) is 4.29. The largest absolute Gasteiger partial charge is 0.508 e. The molecule has 1 amide bonds. The smallest absolute Gasteiger partial charge is 0.251 e. The Kier molecular flexibility index (Phi) is 5.83. The molecular weight excluding hydrogens is 242 g/mol. The molecule has 0 unspecified atom stereocenters. The number of carbonyl (C=O) groups is 1. The van der Waals surface area contributed by atoms with E-state index in [0.29, 0.717) is 18.4 Å². The first kappa shape index (κ1) is 15.5. The van der Waals surface area contributed by atoms with Gasteiger partial charge < -0.3 is 15.5 Å². The number of aliphatic hydroxyl groups is 1. The van der Waals surface area contributed by atoms with Gasteiger partial charge in [0.1, 0.15) is 5.75 Å². The van der Waals surface area contributed by atoms with Crippen molar-refractivity contribution in [1.82, 2.24) is 5.32 Å². The molecular formula is C15H23NO3. The summed E-state index contributed by atoms with van der Waals surface area (Å²) in [7, 11) is 0. The second kappa shape index (κ2) is 7.14. The molecule has 3 N–H and O–H groups in total. The highest BCUT2D eigenvalue weighted by Crippen LogP contribution is 2.18. The van der Waals surface area contributed by atoms with Crippen LogP contribution in [0.4, 0.5) is 0 Å². The molecule has 0 saturated carbocycles. The molecule has 106 valence electrons. The van der Waals surface area contributed by atoms with Crippen molar-refractivity contribution in [3.8, 4) is 5.75 Å². The molecule has 0 radical (unpaired) electrons. The highest BCUT2D eigenvalue weighted by molar-refractivity contribution is 5.94. The number of nitrogens with one attached hydrogen (secondary N) is 1. The lowest BCUT2D eigenvalue weighted by molar-refractivity contribution is 0.0213. The minimum Gasteiger partial charge on any atom is -0.508 e. The average molecular weight is 265 g/mol. The molecule has 4 heteroatoms. The van der Waals surface area contributed by atoms with E-state index in [4.69, 9.17) is 5.11 Å². The van der Waals surface area contributed by atoms with Crippen LogP contribution in [0.15, 0.2) is 24.3 Å². The van der Waals surface area contributed by atoms with Gasteiger partial charge in [-0.3, -0.25) is 4.79 Å². The quantitative estimate of drug-likeness (QED) is 0.709. The number of hydrogen-bond acceptors (Lipinski definition) is 3. The van der Waals surface area contributed by atoms with Gasteiger partial charge in [-0.15, -0.1) is 0 Å². The maximum Gasteiger partial charge on any atom is 0.251 e. The lowest BCUT2D eigenvalue weighted by Gasteiger charge is -2.27. The summed E-state index contributed by atoms with van der Waals surface area (Å²) >= 11 is 0.